The maximum Gasteiger partial charge on any atom is 0.179 e. The lowest BCUT2D eigenvalue weighted by Gasteiger charge is -2.50. The number of aromatic nitrogens is 1. The van der Waals surface area contributed by atoms with E-state index in [-0.39, 0.29) is 21.3 Å². The standard InChI is InChI=1S/C51H46N2Si/c1-37-17-16-22-43(35-37)54(40-18-6-4-7-19-40,41-20-8-5-9-21-41)42-30-27-38(28-31-42)52-47-25-12-10-23-44(47)45-36-39(29-32-48(45)52)53-49-26-13-11-24-46(49)50(2)33-14-15-34-51(50,53)3/h4-13,16-32,35-36H,14-15,33-34H2,1-3H3/i4D,5D,6D,7D,8D,9D,18D,19D,20D,21D. The molecule has 0 bridgehead atoms. The highest BCUT2D eigenvalue weighted by Crippen LogP contribution is 2.60. The van der Waals surface area contributed by atoms with Crippen molar-refractivity contribution in [2.45, 2.75) is 57.4 Å². The van der Waals surface area contributed by atoms with Crippen LogP contribution in [0.4, 0.5) is 11.4 Å². The monoisotopic (exact) mass is 724 g/mol. The number of rotatable bonds is 6. The van der Waals surface area contributed by atoms with Gasteiger partial charge >= 0.3 is 0 Å². The second-order valence-electron chi connectivity index (χ2n) is 15.4. The van der Waals surface area contributed by atoms with E-state index in [1.54, 1.807) is 12.1 Å². The van der Waals surface area contributed by atoms with Gasteiger partial charge in [0.15, 0.2) is 8.07 Å². The molecule has 2 heterocycles. The Balaban J connectivity index is 1.23. The Labute approximate surface area is 334 Å². The molecule has 7 aromatic carbocycles. The summed E-state index contributed by atoms with van der Waals surface area (Å²) in [6.07, 6.45) is 4.60. The number of benzene rings is 7. The van der Waals surface area contributed by atoms with Crippen molar-refractivity contribution < 1.29 is 13.7 Å². The molecule has 0 saturated heterocycles. The van der Waals surface area contributed by atoms with Crippen molar-refractivity contribution in [3.8, 4) is 5.69 Å². The molecular formula is C51H46N2Si. The van der Waals surface area contributed by atoms with Crippen LogP contribution in [0.3, 0.4) is 0 Å². The molecule has 1 aromatic heterocycles. The molecule has 2 atom stereocenters. The molecule has 0 amide bonds. The van der Waals surface area contributed by atoms with E-state index in [4.69, 9.17) is 8.22 Å². The van der Waals surface area contributed by atoms with Gasteiger partial charge in [-0.2, -0.15) is 0 Å². The Hall–Kier alpha value is -5.64. The van der Waals surface area contributed by atoms with E-state index in [0.717, 1.165) is 51.6 Å². The van der Waals surface area contributed by atoms with Crippen molar-refractivity contribution in [1.82, 2.24) is 4.57 Å². The van der Waals surface area contributed by atoms with Crippen LogP contribution in [0, 0.1) is 6.92 Å². The molecule has 3 heteroatoms. The van der Waals surface area contributed by atoms with E-state index in [2.05, 4.69) is 84.0 Å². The van der Waals surface area contributed by atoms with Crippen LogP contribution in [0.2, 0.25) is 0 Å². The Morgan fingerprint density at radius 1 is 0.556 bits per heavy atom. The first-order valence-electron chi connectivity index (χ1n) is 23.8. The first-order chi connectivity index (χ1) is 30.6. The SMILES string of the molecule is [2H]c1c([2H])c([2H])c([Si](c2ccc(-n3c4ccccc4c4cc(N5c6ccccc6C6(C)CCCCC56C)ccc43)cc2)(c2cccc(C)c2)c2c([2H])c([2H])c([2H])c([2H])c2[2H])c([2H])c1[2H]. The summed E-state index contributed by atoms with van der Waals surface area (Å²) in [7, 11) is -4.39. The zero-order chi connectivity index (χ0) is 45.2. The van der Waals surface area contributed by atoms with E-state index in [9.17, 15) is 5.48 Å². The minimum absolute atomic E-state index is 0.00780. The third kappa shape index (κ3) is 4.64. The third-order valence-electron chi connectivity index (χ3n) is 12.7. The second kappa shape index (κ2) is 12.5. The van der Waals surface area contributed by atoms with Gasteiger partial charge in [-0.25, -0.2) is 0 Å². The fourth-order valence-electron chi connectivity index (χ4n) is 9.96. The number of fused-ring (bicyclic) bond motifs is 6. The van der Waals surface area contributed by atoms with Crippen LogP contribution in [-0.4, -0.2) is 18.2 Å². The van der Waals surface area contributed by atoms with Gasteiger partial charge in [-0.05, 0) is 95.5 Å². The number of hydrogen-bond donors (Lipinski definition) is 0. The number of para-hydroxylation sites is 2. The van der Waals surface area contributed by atoms with Gasteiger partial charge in [-0.1, -0.05) is 159 Å². The normalized spacial score (nSPS) is 22.2. The van der Waals surface area contributed by atoms with Gasteiger partial charge in [-0.15, -0.1) is 0 Å². The van der Waals surface area contributed by atoms with E-state index < -0.39 is 68.5 Å². The molecule has 1 aliphatic carbocycles. The quantitative estimate of drug-likeness (QED) is 0.122. The minimum Gasteiger partial charge on any atom is -0.334 e. The molecule has 2 aliphatic rings. The van der Waals surface area contributed by atoms with Gasteiger partial charge < -0.3 is 9.47 Å². The Kier molecular flexibility index (Phi) is 5.52. The van der Waals surface area contributed by atoms with Crippen molar-refractivity contribution in [1.29, 1.82) is 0 Å². The predicted octanol–water partition coefficient (Wildman–Crippen LogP) is 10.2. The van der Waals surface area contributed by atoms with Crippen LogP contribution in [-0.2, 0) is 5.41 Å². The van der Waals surface area contributed by atoms with Crippen LogP contribution in [0.5, 0.6) is 0 Å². The summed E-state index contributed by atoms with van der Waals surface area (Å²) in [5.41, 5.74) is 7.27. The summed E-state index contributed by atoms with van der Waals surface area (Å²) in [6.45, 7) is 6.74. The summed E-state index contributed by atoms with van der Waals surface area (Å²) in [6, 6.07) is 33.5. The van der Waals surface area contributed by atoms with Crippen molar-refractivity contribution in [3.63, 3.8) is 0 Å². The summed E-state index contributed by atoms with van der Waals surface area (Å²) >= 11 is 0. The van der Waals surface area contributed by atoms with Gasteiger partial charge in [-0.3, -0.25) is 0 Å². The molecule has 1 fully saturated rings. The Morgan fingerprint density at radius 3 is 1.94 bits per heavy atom. The summed E-state index contributed by atoms with van der Waals surface area (Å²) in [5, 5.41) is 3.03. The molecule has 0 spiro atoms. The molecule has 0 N–H and O–H groups in total. The molecule has 54 heavy (non-hydrogen) atoms. The molecule has 2 nitrogen and oxygen atoms in total. The summed E-state index contributed by atoms with van der Waals surface area (Å²) in [4.78, 5) is 2.58. The van der Waals surface area contributed by atoms with Crippen LogP contribution in [0.15, 0.2) is 176 Å². The first-order valence-corrected chi connectivity index (χ1v) is 20.8. The lowest BCUT2D eigenvalue weighted by Crippen LogP contribution is -2.74. The zero-order valence-electron chi connectivity index (χ0n) is 40.7. The maximum absolute atomic E-state index is 9.41. The fourth-order valence-corrected chi connectivity index (χ4v) is 14.2. The largest absolute Gasteiger partial charge is 0.334 e. The highest BCUT2D eigenvalue weighted by atomic mass is 28.3. The number of hydrogen-bond acceptors (Lipinski definition) is 1. The molecule has 0 radical (unpaired) electrons. The van der Waals surface area contributed by atoms with Crippen molar-refractivity contribution in [3.05, 3.63) is 187 Å². The molecular weight excluding hydrogens is 669 g/mol. The molecule has 8 aromatic rings. The molecule has 1 aliphatic heterocycles. The second-order valence-corrected chi connectivity index (χ2v) is 19.0. The Bertz CT molecular complexity index is 3130. The first kappa shape index (κ1) is 23.9. The van der Waals surface area contributed by atoms with E-state index in [1.807, 2.05) is 49.4 Å². The van der Waals surface area contributed by atoms with Gasteiger partial charge in [0, 0.05) is 33.2 Å². The van der Waals surface area contributed by atoms with Gasteiger partial charge in [0.25, 0.3) is 0 Å². The molecule has 10 rings (SSSR count). The van der Waals surface area contributed by atoms with Crippen molar-refractivity contribution in [2.24, 2.45) is 0 Å². The lowest BCUT2D eigenvalue weighted by atomic mass is 9.61. The van der Waals surface area contributed by atoms with Crippen molar-refractivity contribution in [2.75, 3.05) is 4.90 Å². The minimum atomic E-state index is -4.39. The van der Waals surface area contributed by atoms with Gasteiger partial charge in [0.05, 0.1) is 30.3 Å². The fraction of sp³-hybridized carbons (Fsp3) is 0.176. The molecule has 1 saturated carbocycles. The topological polar surface area (TPSA) is 8.17 Å². The number of nitrogens with zero attached hydrogens (tertiary/aromatic N) is 2. The van der Waals surface area contributed by atoms with E-state index in [0.29, 0.717) is 10.4 Å². The number of aryl methyl sites for hydroxylation is 1. The van der Waals surface area contributed by atoms with Crippen LogP contribution in [0.25, 0.3) is 27.5 Å². The number of anilines is 2. The predicted molar refractivity (Wildman–Crippen MR) is 232 cm³/mol. The van der Waals surface area contributed by atoms with E-state index in [1.165, 1.54) is 24.1 Å². The van der Waals surface area contributed by atoms with Gasteiger partial charge in [0.2, 0.25) is 0 Å². The Morgan fingerprint density at radius 2 is 1.20 bits per heavy atom. The summed E-state index contributed by atoms with van der Waals surface area (Å²) < 4.78 is 92.2. The molecule has 264 valence electrons. The summed E-state index contributed by atoms with van der Waals surface area (Å²) in [5.74, 6) is 0. The van der Waals surface area contributed by atoms with Crippen LogP contribution in [0.1, 0.15) is 64.4 Å². The highest BCUT2D eigenvalue weighted by molar-refractivity contribution is 7.19. The molecule has 2 unspecified atom stereocenters. The highest BCUT2D eigenvalue weighted by Gasteiger charge is 2.57. The van der Waals surface area contributed by atoms with Crippen LogP contribution >= 0.6 is 0 Å². The lowest BCUT2D eigenvalue weighted by molar-refractivity contribution is 0.195. The zero-order valence-corrected chi connectivity index (χ0v) is 31.7. The van der Waals surface area contributed by atoms with Gasteiger partial charge in [0.1, 0.15) is 0 Å². The average molecular weight is 725 g/mol. The van der Waals surface area contributed by atoms with E-state index >= 15 is 0 Å². The maximum atomic E-state index is 9.41. The smallest absolute Gasteiger partial charge is 0.179 e. The van der Waals surface area contributed by atoms with Crippen molar-refractivity contribution >= 4 is 62.0 Å². The van der Waals surface area contributed by atoms with Crippen LogP contribution < -0.4 is 25.6 Å². The third-order valence-corrected chi connectivity index (χ3v) is 17.1. The average Bonchev–Trinajstić information content (AvgIpc) is 3.74.